The molecule has 0 amide bonds. The van der Waals surface area contributed by atoms with Crippen molar-refractivity contribution in [1.82, 2.24) is 10.1 Å². The number of fused-ring (bicyclic) bond motifs is 3. The fourth-order valence-corrected chi connectivity index (χ4v) is 4.81. The highest BCUT2D eigenvalue weighted by molar-refractivity contribution is 9.10. The lowest BCUT2D eigenvalue weighted by molar-refractivity contribution is -0.759. The summed E-state index contributed by atoms with van der Waals surface area (Å²) < 4.78 is 2.62. The lowest BCUT2D eigenvalue weighted by Crippen LogP contribution is -2.55. The molecule has 0 fully saturated rings. The van der Waals surface area contributed by atoms with Crippen LogP contribution in [0.1, 0.15) is 44.3 Å². The number of aromatic amines is 1. The number of nitrogens with zero attached hydrogens (tertiary/aromatic N) is 2. The van der Waals surface area contributed by atoms with Crippen LogP contribution >= 0.6 is 27.7 Å². The van der Waals surface area contributed by atoms with Gasteiger partial charge in [-0.3, -0.25) is 9.78 Å². The minimum absolute atomic E-state index is 0.174. The van der Waals surface area contributed by atoms with Gasteiger partial charge < -0.3 is 10.4 Å². The van der Waals surface area contributed by atoms with Crippen molar-refractivity contribution in [3.63, 3.8) is 0 Å². The molecule has 156 valence electrons. The van der Waals surface area contributed by atoms with E-state index < -0.39 is 6.17 Å². The van der Waals surface area contributed by atoms with Crippen LogP contribution in [0, 0.1) is 0 Å². The van der Waals surface area contributed by atoms with E-state index in [0.29, 0.717) is 10.9 Å². The molecule has 6 nitrogen and oxygen atoms in total. The lowest BCUT2D eigenvalue weighted by atomic mass is 10.0. The first-order valence-corrected chi connectivity index (χ1v) is 11.9. The molecule has 0 radical (unpaired) electrons. The van der Waals surface area contributed by atoms with Crippen LogP contribution in [0.25, 0.3) is 11.3 Å². The van der Waals surface area contributed by atoms with Crippen LogP contribution in [-0.4, -0.2) is 20.9 Å². The second-order valence-electron chi connectivity index (χ2n) is 7.29. The van der Waals surface area contributed by atoms with Gasteiger partial charge in [0, 0.05) is 20.9 Å². The second-order valence-corrected chi connectivity index (χ2v) is 9.29. The van der Waals surface area contributed by atoms with Gasteiger partial charge in [0.1, 0.15) is 5.75 Å². The maximum atomic E-state index is 13.1. The molecule has 2 heterocycles. The van der Waals surface area contributed by atoms with Crippen molar-refractivity contribution in [1.29, 1.82) is 0 Å². The summed E-state index contributed by atoms with van der Waals surface area (Å²) in [7, 11) is 0. The highest BCUT2D eigenvalue weighted by Gasteiger charge is 2.38. The molecule has 0 saturated carbocycles. The van der Waals surface area contributed by atoms with Gasteiger partial charge in [-0.25, -0.2) is 0 Å². The summed E-state index contributed by atoms with van der Waals surface area (Å²) in [5, 5.41) is 18.8. The average Bonchev–Trinajstić information content (AvgIpc) is 2.73. The maximum absolute atomic E-state index is 13.1. The summed E-state index contributed by atoms with van der Waals surface area (Å²) in [6.07, 6.45) is 4.29. The van der Waals surface area contributed by atoms with Gasteiger partial charge in [-0.05, 0) is 47.5 Å². The zero-order valence-corrected chi connectivity index (χ0v) is 19.1. The number of H-pyrrole nitrogens is 1. The van der Waals surface area contributed by atoms with Gasteiger partial charge in [-0.1, -0.05) is 59.9 Å². The highest BCUT2D eigenvalue weighted by atomic mass is 79.9. The highest BCUT2D eigenvalue weighted by Crippen LogP contribution is 2.34. The van der Waals surface area contributed by atoms with Gasteiger partial charge in [0.25, 0.3) is 6.17 Å². The molecule has 8 heteroatoms. The van der Waals surface area contributed by atoms with E-state index in [1.54, 1.807) is 34.6 Å². The van der Waals surface area contributed by atoms with Crippen molar-refractivity contribution in [2.75, 3.05) is 11.1 Å². The summed E-state index contributed by atoms with van der Waals surface area (Å²) in [4.78, 5) is 16.1. The second kappa shape index (κ2) is 9.22. The van der Waals surface area contributed by atoms with Gasteiger partial charge in [0.2, 0.25) is 5.16 Å². The van der Waals surface area contributed by atoms with Gasteiger partial charge in [0.15, 0.2) is 0 Å². The molecule has 3 N–H and O–H groups in total. The molecule has 0 saturated heterocycles. The van der Waals surface area contributed by atoms with Crippen molar-refractivity contribution >= 4 is 33.4 Å². The molecule has 30 heavy (non-hydrogen) atoms. The van der Waals surface area contributed by atoms with E-state index in [1.165, 1.54) is 19.3 Å². The van der Waals surface area contributed by atoms with Gasteiger partial charge in [0.05, 0.1) is 11.3 Å². The fraction of sp³-hybridized carbons (Fsp3) is 0.318. The number of anilines is 1. The Labute approximate surface area is 187 Å². The number of rotatable bonds is 7. The van der Waals surface area contributed by atoms with Crippen LogP contribution in [0.15, 0.2) is 56.9 Å². The fourth-order valence-electron chi connectivity index (χ4n) is 3.59. The smallest absolute Gasteiger partial charge is 0.325 e. The summed E-state index contributed by atoms with van der Waals surface area (Å²) in [6, 6.07) is 12.8. The van der Waals surface area contributed by atoms with E-state index in [2.05, 4.69) is 33.2 Å². The number of thioether (sulfide) groups is 1. The van der Waals surface area contributed by atoms with Crippen molar-refractivity contribution in [2.45, 2.75) is 43.9 Å². The molecule has 3 aromatic rings. The Morgan fingerprint density at radius 2 is 2.07 bits per heavy atom. The molecule has 1 aliphatic rings. The molecule has 0 bridgehead atoms. The number of phenolic OH excluding ortho intramolecular Hbond substituents is 1. The van der Waals surface area contributed by atoms with Crippen LogP contribution in [0.3, 0.4) is 0 Å². The number of halogens is 1. The predicted molar refractivity (Wildman–Crippen MR) is 123 cm³/mol. The number of aromatic hydroxyl groups is 1. The normalized spacial score (nSPS) is 14.7. The average molecular weight is 488 g/mol. The van der Waals surface area contributed by atoms with Crippen LogP contribution < -0.4 is 15.6 Å². The summed E-state index contributed by atoms with van der Waals surface area (Å²) in [6.45, 7) is 2.19. The molecule has 0 spiro atoms. The molecule has 2 aromatic carbocycles. The number of aromatic nitrogens is 3. The van der Waals surface area contributed by atoms with Crippen LogP contribution in [0.4, 0.5) is 5.69 Å². The first-order valence-electron chi connectivity index (χ1n) is 10.1. The van der Waals surface area contributed by atoms with E-state index in [0.717, 1.165) is 33.5 Å². The quantitative estimate of drug-likeness (QED) is 0.252. The minimum Gasteiger partial charge on any atom is -0.508 e. The zero-order valence-electron chi connectivity index (χ0n) is 16.7. The number of hydrogen-bond acceptors (Lipinski definition) is 5. The number of hydrogen-bond donors (Lipinski definition) is 3. The van der Waals surface area contributed by atoms with Gasteiger partial charge in [-0.15, -0.1) is 0 Å². The SMILES string of the molecule is CCCCCCSc1n[n+]2c(c(=O)[nH]1)-c1cc(Br)ccc1N[C@@H]2c1cccc(O)c1. The van der Waals surface area contributed by atoms with Crippen molar-refractivity contribution in [3.8, 4) is 17.0 Å². The Morgan fingerprint density at radius 1 is 1.20 bits per heavy atom. The van der Waals surface area contributed by atoms with Crippen LogP contribution in [0.2, 0.25) is 0 Å². The van der Waals surface area contributed by atoms with Crippen LogP contribution in [-0.2, 0) is 0 Å². The van der Waals surface area contributed by atoms with E-state index in [9.17, 15) is 9.90 Å². The third-order valence-electron chi connectivity index (χ3n) is 5.06. The number of phenols is 1. The summed E-state index contributed by atoms with van der Waals surface area (Å²) >= 11 is 5.07. The van der Waals surface area contributed by atoms with Crippen molar-refractivity contribution in [3.05, 3.63) is 62.9 Å². The molecular formula is C22H24BrN4O2S+. The Morgan fingerprint density at radius 3 is 2.87 bits per heavy atom. The van der Waals surface area contributed by atoms with E-state index in [-0.39, 0.29) is 11.3 Å². The Balaban J connectivity index is 1.76. The van der Waals surface area contributed by atoms with Gasteiger partial charge in [-0.2, -0.15) is 0 Å². The Bertz CT molecular complexity index is 1120. The standard InChI is InChI=1S/C22H23BrN4O2S/c1-2-3-4-5-11-30-22-25-21(29)19-17-13-15(23)9-10-18(17)24-20(27(19)26-22)14-7-6-8-16(28)12-14/h6-10,12-13,20H,2-5,11H2,1H3,(H2,25,26,28,29)/p+1/t20-/m0/s1. The van der Waals surface area contributed by atoms with E-state index in [4.69, 9.17) is 5.10 Å². The lowest BCUT2D eigenvalue weighted by Gasteiger charge is -2.22. The van der Waals surface area contributed by atoms with Gasteiger partial charge >= 0.3 is 11.3 Å². The molecule has 1 aliphatic heterocycles. The maximum Gasteiger partial charge on any atom is 0.325 e. The topological polar surface area (TPSA) is 81.9 Å². The number of unbranched alkanes of at least 4 members (excludes halogenated alkanes) is 3. The van der Waals surface area contributed by atoms with E-state index >= 15 is 0 Å². The monoisotopic (exact) mass is 487 g/mol. The molecule has 0 aliphatic carbocycles. The third kappa shape index (κ3) is 4.39. The Kier molecular flexibility index (Phi) is 6.43. The molecule has 1 aromatic heterocycles. The zero-order chi connectivity index (χ0) is 21.1. The molecular weight excluding hydrogens is 464 g/mol. The summed E-state index contributed by atoms with van der Waals surface area (Å²) in [5.41, 5.74) is 2.78. The van der Waals surface area contributed by atoms with Crippen LogP contribution in [0.5, 0.6) is 5.75 Å². The first kappa shape index (κ1) is 20.9. The Hall–Kier alpha value is -2.32. The molecule has 1 atom stereocenters. The molecule has 4 rings (SSSR count). The predicted octanol–water partition coefficient (Wildman–Crippen LogP) is 4.84. The van der Waals surface area contributed by atoms with E-state index in [1.807, 2.05) is 24.3 Å². The van der Waals surface area contributed by atoms with Crippen molar-refractivity contribution in [2.24, 2.45) is 0 Å². The molecule has 0 unspecified atom stereocenters. The number of nitrogens with one attached hydrogen (secondary N) is 2. The first-order chi connectivity index (χ1) is 14.6. The summed E-state index contributed by atoms with van der Waals surface area (Å²) in [5.74, 6) is 1.09. The minimum atomic E-state index is -0.400. The third-order valence-corrected chi connectivity index (χ3v) is 6.50. The largest absolute Gasteiger partial charge is 0.508 e. The number of benzene rings is 2. The van der Waals surface area contributed by atoms with Crippen molar-refractivity contribution < 1.29 is 9.79 Å².